The van der Waals surface area contributed by atoms with Gasteiger partial charge in [0.05, 0.1) is 5.56 Å². The van der Waals surface area contributed by atoms with E-state index in [-0.39, 0.29) is 11.3 Å². The molecular formula is C11H13ClO4Si. The van der Waals surface area contributed by atoms with Crippen LogP contribution in [0, 0.1) is 0 Å². The molecule has 92 valence electrons. The summed E-state index contributed by atoms with van der Waals surface area (Å²) < 4.78 is 5.66. The van der Waals surface area contributed by atoms with Crippen molar-refractivity contribution in [1.29, 1.82) is 0 Å². The topological polar surface area (TPSA) is 63.6 Å². The van der Waals surface area contributed by atoms with Crippen molar-refractivity contribution in [2.24, 2.45) is 0 Å². The first-order valence-corrected chi connectivity index (χ1v) is 8.75. The molecule has 0 saturated carbocycles. The predicted molar refractivity (Wildman–Crippen MR) is 67.4 cm³/mol. The Labute approximate surface area is 105 Å². The Kier molecular flexibility index (Phi) is 3.95. The number of carbonyl (C=O) groups is 2. The normalized spacial score (nSPS) is 11.1. The van der Waals surface area contributed by atoms with Crippen molar-refractivity contribution in [3.8, 4) is 5.75 Å². The lowest BCUT2D eigenvalue weighted by Gasteiger charge is -2.21. The van der Waals surface area contributed by atoms with Crippen molar-refractivity contribution in [3.05, 3.63) is 28.8 Å². The van der Waals surface area contributed by atoms with Crippen LogP contribution in [0.25, 0.3) is 0 Å². The molecule has 4 nitrogen and oxygen atoms in total. The summed E-state index contributed by atoms with van der Waals surface area (Å²) in [6.07, 6.45) is 0. The molecule has 6 heteroatoms. The highest BCUT2D eigenvalue weighted by Gasteiger charge is 2.24. The van der Waals surface area contributed by atoms with Gasteiger partial charge in [-0.25, -0.2) is 4.79 Å². The van der Waals surface area contributed by atoms with Gasteiger partial charge in [0.1, 0.15) is 5.75 Å². The van der Waals surface area contributed by atoms with Crippen molar-refractivity contribution in [1.82, 2.24) is 0 Å². The van der Waals surface area contributed by atoms with Crippen LogP contribution >= 0.6 is 11.6 Å². The second-order valence-corrected chi connectivity index (χ2v) is 9.35. The maximum atomic E-state index is 11.5. The number of hydrogen-bond acceptors (Lipinski definition) is 3. The largest absolute Gasteiger partial charge is 0.544 e. The summed E-state index contributed by atoms with van der Waals surface area (Å²) in [5, 5.41) is 9.10. The Morgan fingerprint density at radius 3 is 2.35 bits per heavy atom. The molecule has 0 amide bonds. The van der Waals surface area contributed by atoms with Crippen LogP contribution in [0.15, 0.2) is 18.2 Å². The van der Waals surface area contributed by atoms with Crippen LogP contribution in [0.3, 0.4) is 0 Å². The number of carbonyl (C=O) groups excluding carboxylic acids is 1. The van der Waals surface area contributed by atoms with Crippen LogP contribution in [0.1, 0.15) is 10.4 Å². The van der Waals surface area contributed by atoms with Crippen LogP contribution < -0.4 is 4.43 Å². The lowest BCUT2D eigenvalue weighted by atomic mass is 10.1. The fourth-order valence-electron chi connectivity index (χ4n) is 1.21. The highest BCUT2D eigenvalue weighted by molar-refractivity contribution is 6.70. The first-order chi connectivity index (χ1) is 7.70. The van der Waals surface area contributed by atoms with E-state index in [9.17, 15) is 9.59 Å². The molecule has 0 aliphatic heterocycles. The second-order valence-electron chi connectivity index (χ2n) is 4.49. The summed E-state index contributed by atoms with van der Waals surface area (Å²) in [5.41, 5.74) is 0.0318. The quantitative estimate of drug-likeness (QED) is 0.520. The zero-order valence-electron chi connectivity index (χ0n) is 9.78. The number of rotatable bonds is 4. The molecule has 0 unspecified atom stereocenters. The molecule has 0 aromatic heterocycles. The van der Waals surface area contributed by atoms with Crippen LogP contribution in [0.5, 0.6) is 5.75 Å². The van der Waals surface area contributed by atoms with Gasteiger partial charge in [0.15, 0.2) is 0 Å². The molecule has 1 aromatic carbocycles. The average molecular weight is 273 g/mol. The third-order valence-electron chi connectivity index (χ3n) is 1.80. The van der Waals surface area contributed by atoms with Gasteiger partial charge >= 0.3 is 5.97 Å². The van der Waals surface area contributed by atoms with E-state index in [0.717, 1.165) is 0 Å². The summed E-state index contributed by atoms with van der Waals surface area (Å²) in [7, 11) is -1.94. The molecule has 1 aromatic rings. The number of carboxylic acids is 1. The predicted octanol–water partition coefficient (Wildman–Crippen LogP) is 2.82. The standard InChI is InChI=1S/C11H13ClO4Si/c1-17(2,3)16-9-6-7(12)4-5-8(9)10(13)11(14)15/h4-6H,1-3H3,(H,14,15). The highest BCUT2D eigenvalue weighted by atomic mass is 35.5. The maximum Gasteiger partial charge on any atom is 0.377 e. The average Bonchev–Trinajstić information content (AvgIpc) is 2.14. The van der Waals surface area contributed by atoms with Gasteiger partial charge < -0.3 is 9.53 Å². The first-order valence-electron chi connectivity index (χ1n) is 4.97. The van der Waals surface area contributed by atoms with Gasteiger partial charge in [0.2, 0.25) is 8.32 Å². The Hall–Kier alpha value is -1.33. The summed E-state index contributed by atoms with van der Waals surface area (Å²) in [5.74, 6) is -2.26. The zero-order chi connectivity index (χ0) is 13.2. The highest BCUT2D eigenvalue weighted by Crippen LogP contribution is 2.26. The Bertz CT molecular complexity index is 465. The molecule has 0 aliphatic carbocycles. The number of benzene rings is 1. The second kappa shape index (κ2) is 4.89. The molecule has 0 saturated heterocycles. The SMILES string of the molecule is C[Si](C)(C)Oc1cc(Cl)ccc1C(=O)C(=O)O. The fourth-order valence-corrected chi connectivity index (χ4v) is 2.20. The van der Waals surface area contributed by atoms with E-state index in [1.165, 1.54) is 18.2 Å². The number of halogens is 1. The van der Waals surface area contributed by atoms with E-state index in [2.05, 4.69) is 0 Å². The van der Waals surface area contributed by atoms with Crippen molar-refractivity contribution < 1.29 is 19.1 Å². The Morgan fingerprint density at radius 2 is 1.88 bits per heavy atom. The number of ketones is 1. The monoisotopic (exact) mass is 272 g/mol. The fraction of sp³-hybridized carbons (Fsp3) is 0.273. The number of Topliss-reactive ketones (excluding diaryl/α,β-unsaturated/α-hetero) is 1. The van der Waals surface area contributed by atoms with Crippen molar-refractivity contribution in [2.75, 3.05) is 0 Å². The number of aliphatic carboxylic acids is 1. The molecule has 17 heavy (non-hydrogen) atoms. The van der Waals surface area contributed by atoms with Crippen LogP contribution in [0.4, 0.5) is 0 Å². The van der Waals surface area contributed by atoms with E-state index in [1.807, 2.05) is 19.6 Å². The van der Waals surface area contributed by atoms with Gasteiger partial charge in [-0.05, 0) is 37.8 Å². The van der Waals surface area contributed by atoms with Crippen LogP contribution in [0.2, 0.25) is 24.7 Å². The van der Waals surface area contributed by atoms with E-state index in [4.69, 9.17) is 21.1 Å². The summed E-state index contributed by atoms with van der Waals surface area (Å²) in [4.78, 5) is 22.1. The van der Waals surface area contributed by atoms with Gasteiger partial charge in [-0.2, -0.15) is 0 Å². The third kappa shape index (κ3) is 3.87. The Morgan fingerprint density at radius 1 is 1.29 bits per heavy atom. The van der Waals surface area contributed by atoms with E-state index in [0.29, 0.717) is 5.02 Å². The molecule has 0 aliphatic rings. The lowest BCUT2D eigenvalue weighted by Crippen LogP contribution is -2.30. The minimum absolute atomic E-state index is 0.0318. The van der Waals surface area contributed by atoms with Crippen molar-refractivity contribution in [2.45, 2.75) is 19.6 Å². The zero-order valence-corrected chi connectivity index (χ0v) is 11.5. The van der Waals surface area contributed by atoms with Crippen molar-refractivity contribution >= 4 is 31.7 Å². The van der Waals surface area contributed by atoms with Gasteiger partial charge in [0, 0.05) is 5.02 Å². The van der Waals surface area contributed by atoms with Gasteiger partial charge in [-0.1, -0.05) is 11.6 Å². The van der Waals surface area contributed by atoms with Gasteiger partial charge in [-0.3, -0.25) is 4.79 Å². The van der Waals surface area contributed by atoms with Crippen molar-refractivity contribution in [3.63, 3.8) is 0 Å². The van der Waals surface area contributed by atoms with Gasteiger partial charge in [-0.15, -0.1) is 0 Å². The third-order valence-corrected chi connectivity index (χ3v) is 2.87. The molecule has 0 spiro atoms. The first kappa shape index (κ1) is 13.7. The molecule has 0 heterocycles. The van der Waals surface area contributed by atoms with Gasteiger partial charge in [0.25, 0.3) is 5.78 Å². The lowest BCUT2D eigenvalue weighted by molar-refractivity contribution is -0.131. The number of carboxylic acid groups (broad SMARTS) is 1. The molecule has 1 rings (SSSR count). The van der Waals surface area contributed by atoms with E-state index < -0.39 is 20.1 Å². The van der Waals surface area contributed by atoms with Crippen LogP contribution in [-0.2, 0) is 4.79 Å². The molecule has 0 atom stereocenters. The summed E-state index contributed by atoms with van der Waals surface area (Å²) in [6, 6.07) is 4.30. The summed E-state index contributed by atoms with van der Waals surface area (Å²) in [6.45, 7) is 5.80. The number of hydrogen-bond donors (Lipinski definition) is 1. The van der Waals surface area contributed by atoms with Crippen LogP contribution in [-0.4, -0.2) is 25.2 Å². The van der Waals surface area contributed by atoms with E-state index >= 15 is 0 Å². The molecule has 0 bridgehead atoms. The Balaban J connectivity index is 3.22. The molecular weight excluding hydrogens is 260 g/mol. The molecule has 1 N–H and O–H groups in total. The molecule has 0 fully saturated rings. The smallest absolute Gasteiger partial charge is 0.377 e. The minimum Gasteiger partial charge on any atom is -0.544 e. The maximum absolute atomic E-state index is 11.5. The minimum atomic E-state index is -1.94. The molecule has 0 radical (unpaired) electrons. The van der Waals surface area contributed by atoms with E-state index in [1.54, 1.807) is 0 Å². The summed E-state index contributed by atoms with van der Waals surface area (Å²) >= 11 is 5.81.